The van der Waals surface area contributed by atoms with Crippen LogP contribution in [0.5, 0.6) is 0 Å². The zero-order chi connectivity index (χ0) is 15.4. The summed E-state index contributed by atoms with van der Waals surface area (Å²) >= 11 is 0. The molecule has 1 aliphatic rings. The molecule has 0 atom stereocenters. The SMILES string of the molecule is Cc1c(N=CC2=C(N)CNCC2)cccc1-c1ccccc1. The van der Waals surface area contributed by atoms with Gasteiger partial charge in [0.1, 0.15) is 0 Å². The standard InChI is InChI=1S/C19H21N3/c1-14-17(15-6-3-2-4-7-15)8-5-9-19(14)22-12-16-10-11-21-13-18(16)20/h2-9,12,21H,10-11,13,20H2,1H3. The van der Waals surface area contributed by atoms with Crippen molar-refractivity contribution >= 4 is 11.9 Å². The molecule has 3 nitrogen and oxygen atoms in total. The molecule has 0 bridgehead atoms. The summed E-state index contributed by atoms with van der Waals surface area (Å²) in [6, 6.07) is 16.7. The number of hydrogen-bond acceptors (Lipinski definition) is 3. The highest BCUT2D eigenvalue weighted by Crippen LogP contribution is 2.30. The van der Waals surface area contributed by atoms with Crippen molar-refractivity contribution in [2.45, 2.75) is 13.3 Å². The maximum absolute atomic E-state index is 6.03. The summed E-state index contributed by atoms with van der Waals surface area (Å²) in [6.07, 6.45) is 2.86. The van der Waals surface area contributed by atoms with E-state index in [4.69, 9.17) is 5.73 Å². The average Bonchev–Trinajstić information content (AvgIpc) is 2.56. The smallest absolute Gasteiger partial charge is 0.0665 e. The van der Waals surface area contributed by atoms with Crippen molar-refractivity contribution in [1.82, 2.24) is 5.32 Å². The Morgan fingerprint density at radius 2 is 1.91 bits per heavy atom. The molecule has 0 spiro atoms. The topological polar surface area (TPSA) is 50.4 Å². The zero-order valence-corrected chi connectivity index (χ0v) is 12.8. The van der Waals surface area contributed by atoms with Crippen molar-refractivity contribution < 1.29 is 0 Å². The van der Waals surface area contributed by atoms with Crippen LogP contribution in [0.15, 0.2) is 64.8 Å². The molecule has 0 saturated carbocycles. The highest BCUT2D eigenvalue weighted by atomic mass is 14.9. The van der Waals surface area contributed by atoms with Crippen molar-refractivity contribution in [2.24, 2.45) is 10.7 Å². The Bertz CT molecular complexity index is 715. The van der Waals surface area contributed by atoms with E-state index >= 15 is 0 Å². The lowest BCUT2D eigenvalue weighted by Crippen LogP contribution is -2.29. The molecule has 0 radical (unpaired) electrons. The van der Waals surface area contributed by atoms with Gasteiger partial charge in [-0.1, -0.05) is 42.5 Å². The molecule has 0 amide bonds. The molecule has 1 aliphatic heterocycles. The van der Waals surface area contributed by atoms with E-state index in [2.05, 4.69) is 59.7 Å². The highest BCUT2D eigenvalue weighted by molar-refractivity contribution is 5.84. The molecule has 0 aliphatic carbocycles. The lowest BCUT2D eigenvalue weighted by Gasteiger charge is -2.15. The van der Waals surface area contributed by atoms with Crippen LogP contribution in [0.4, 0.5) is 5.69 Å². The van der Waals surface area contributed by atoms with E-state index in [1.165, 1.54) is 16.7 Å². The maximum atomic E-state index is 6.03. The summed E-state index contributed by atoms with van der Waals surface area (Å²) in [5.41, 5.74) is 12.7. The van der Waals surface area contributed by atoms with Crippen LogP contribution in [0.2, 0.25) is 0 Å². The summed E-state index contributed by atoms with van der Waals surface area (Å²) in [4.78, 5) is 4.68. The van der Waals surface area contributed by atoms with E-state index in [1.807, 2.05) is 12.3 Å². The Hall–Kier alpha value is -2.39. The van der Waals surface area contributed by atoms with Crippen LogP contribution in [0, 0.1) is 6.92 Å². The van der Waals surface area contributed by atoms with Gasteiger partial charge in [-0.2, -0.15) is 0 Å². The molecule has 0 unspecified atom stereocenters. The Balaban J connectivity index is 1.92. The minimum absolute atomic E-state index is 0.754. The van der Waals surface area contributed by atoms with Crippen LogP contribution in [-0.2, 0) is 0 Å². The second-order valence-corrected chi connectivity index (χ2v) is 5.55. The van der Waals surface area contributed by atoms with E-state index < -0.39 is 0 Å². The Morgan fingerprint density at radius 3 is 2.68 bits per heavy atom. The van der Waals surface area contributed by atoms with Crippen LogP contribution in [-0.4, -0.2) is 19.3 Å². The minimum atomic E-state index is 0.754. The Kier molecular flexibility index (Phi) is 4.35. The van der Waals surface area contributed by atoms with Gasteiger partial charge < -0.3 is 11.1 Å². The number of benzene rings is 2. The van der Waals surface area contributed by atoms with Gasteiger partial charge in [0, 0.05) is 18.5 Å². The van der Waals surface area contributed by atoms with E-state index in [0.29, 0.717) is 0 Å². The number of nitrogens with zero attached hydrogens (tertiary/aromatic N) is 1. The molecule has 3 heteroatoms. The summed E-state index contributed by atoms with van der Waals surface area (Å²) in [5, 5.41) is 3.26. The minimum Gasteiger partial charge on any atom is -0.401 e. The van der Waals surface area contributed by atoms with E-state index in [9.17, 15) is 0 Å². The van der Waals surface area contributed by atoms with Gasteiger partial charge >= 0.3 is 0 Å². The summed E-state index contributed by atoms with van der Waals surface area (Å²) in [5.74, 6) is 0. The average molecular weight is 291 g/mol. The van der Waals surface area contributed by atoms with Gasteiger partial charge in [0.15, 0.2) is 0 Å². The predicted molar refractivity (Wildman–Crippen MR) is 93.5 cm³/mol. The third-order valence-corrected chi connectivity index (χ3v) is 4.05. The van der Waals surface area contributed by atoms with Crippen molar-refractivity contribution in [1.29, 1.82) is 0 Å². The molecule has 1 heterocycles. The quantitative estimate of drug-likeness (QED) is 0.849. The molecule has 0 fully saturated rings. The first-order valence-corrected chi connectivity index (χ1v) is 7.63. The molecular formula is C19H21N3. The fourth-order valence-corrected chi connectivity index (χ4v) is 2.71. The first-order chi connectivity index (χ1) is 10.8. The van der Waals surface area contributed by atoms with Crippen LogP contribution in [0.25, 0.3) is 11.1 Å². The lowest BCUT2D eigenvalue weighted by atomic mass is 9.99. The van der Waals surface area contributed by atoms with E-state index in [-0.39, 0.29) is 0 Å². The van der Waals surface area contributed by atoms with Gasteiger partial charge in [0.2, 0.25) is 0 Å². The molecular weight excluding hydrogens is 270 g/mol. The third kappa shape index (κ3) is 3.10. The number of hydrogen-bond donors (Lipinski definition) is 2. The summed E-state index contributed by atoms with van der Waals surface area (Å²) in [6.45, 7) is 3.84. The van der Waals surface area contributed by atoms with Crippen molar-refractivity contribution in [2.75, 3.05) is 13.1 Å². The second kappa shape index (κ2) is 6.58. The summed E-state index contributed by atoms with van der Waals surface area (Å²) in [7, 11) is 0. The monoisotopic (exact) mass is 291 g/mol. The number of nitrogens with two attached hydrogens (primary N) is 1. The Morgan fingerprint density at radius 1 is 1.09 bits per heavy atom. The molecule has 2 aromatic rings. The van der Waals surface area contributed by atoms with Crippen molar-refractivity contribution in [3.63, 3.8) is 0 Å². The van der Waals surface area contributed by atoms with Crippen molar-refractivity contribution in [3.8, 4) is 11.1 Å². The largest absolute Gasteiger partial charge is 0.401 e. The van der Waals surface area contributed by atoms with Gasteiger partial charge in [-0.15, -0.1) is 0 Å². The maximum Gasteiger partial charge on any atom is 0.0665 e. The Labute approximate surface area is 131 Å². The van der Waals surface area contributed by atoms with E-state index in [1.54, 1.807) is 0 Å². The van der Waals surface area contributed by atoms with E-state index in [0.717, 1.165) is 36.5 Å². The van der Waals surface area contributed by atoms with Crippen LogP contribution >= 0.6 is 0 Å². The van der Waals surface area contributed by atoms with Crippen LogP contribution in [0.1, 0.15) is 12.0 Å². The first kappa shape index (κ1) is 14.5. The molecule has 3 rings (SSSR count). The first-order valence-electron chi connectivity index (χ1n) is 7.63. The van der Waals surface area contributed by atoms with Gasteiger partial charge in [0.25, 0.3) is 0 Å². The van der Waals surface area contributed by atoms with Crippen molar-refractivity contribution in [3.05, 3.63) is 65.4 Å². The number of rotatable bonds is 3. The highest BCUT2D eigenvalue weighted by Gasteiger charge is 2.08. The fourth-order valence-electron chi connectivity index (χ4n) is 2.71. The third-order valence-electron chi connectivity index (χ3n) is 4.05. The normalized spacial score (nSPS) is 15.5. The number of nitrogens with one attached hydrogen (secondary N) is 1. The fraction of sp³-hybridized carbons (Fsp3) is 0.211. The predicted octanol–water partition coefficient (Wildman–Crippen LogP) is 3.57. The van der Waals surface area contributed by atoms with Gasteiger partial charge in [-0.05, 0) is 48.2 Å². The zero-order valence-electron chi connectivity index (χ0n) is 12.8. The summed E-state index contributed by atoms with van der Waals surface area (Å²) < 4.78 is 0. The molecule has 3 N–H and O–H groups in total. The molecule has 2 aromatic carbocycles. The molecule has 112 valence electrons. The van der Waals surface area contributed by atoms with Gasteiger partial charge in [-0.25, -0.2) is 0 Å². The van der Waals surface area contributed by atoms with Gasteiger partial charge in [-0.3, -0.25) is 4.99 Å². The molecule has 0 saturated heterocycles. The van der Waals surface area contributed by atoms with Crippen LogP contribution in [0.3, 0.4) is 0 Å². The molecule has 22 heavy (non-hydrogen) atoms. The molecule has 0 aromatic heterocycles. The number of aliphatic imine (C=N–C) groups is 1. The lowest BCUT2D eigenvalue weighted by molar-refractivity contribution is 0.687. The van der Waals surface area contributed by atoms with Crippen LogP contribution < -0.4 is 11.1 Å². The van der Waals surface area contributed by atoms with Gasteiger partial charge in [0.05, 0.1) is 5.69 Å². The second-order valence-electron chi connectivity index (χ2n) is 5.55.